The Balaban J connectivity index is 2.19. The molecule has 1 aromatic rings. The predicted molar refractivity (Wildman–Crippen MR) is 83.8 cm³/mol. The number of halogens is 3. The van der Waals surface area contributed by atoms with E-state index < -0.39 is 21.6 Å². The molecule has 7 heteroatoms. The molecule has 0 spiro atoms. The Hall–Kier alpha value is -1.34. The van der Waals surface area contributed by atoms with Crippen LogP contribution < -0.4 is 0 Å². The highest BCUT2D eigenvalue weighted by molar-refractivity contribution is 7.91. The van der Waals surface area contributed by atoms with Crippen molar-refractivity contribution in [3.8, 4) is 0 Å². The van der Waals surface area contributed by atoms with Gasteiger partial charge >= 0.3 is 6.18 Å². The molecular formula is C16H20F3NO2S. The van der Waals surface area contributed by atoms with Gasteiger partial charge in [-0.3, -0.25) is 4.90 Å². The van der Waals surface area contributed by atoms with Gasteiger partial charge in [0.05, 0.1) is 17.1 Å². The number of rotatable bonds is 5. The van der Waals surface area contributed by atoms with Gasteiger partial charge < -0.3 is 0 Å². The lowest BCUT2D eigenvalue weighted by Crippen LogP contribution is -2.36. The molecule has 3 nitrogen and oxygen atoms in total. The van der Waals surface area contributed by atoms with Crippen LogP contribution in [-0.2, 0) is 22.6 Å². The van der Waals surface area contributed by atoms with Crippen molar-refractivity contribution in [3.63, 3.8) is 0 Å². The Bertz CT molecular complexity index is 683. The lowest BCUT2D eigenvalue weighted by Gasteiger charge is -2.27. The van der Waals surface area contributed by atoms with Crippen molar-refractivity contribution in [3.05, 3.63) is 47.5 Å². The Labute approximate surface area is 134 Å². The number of aryl methyl sites for hydroxylation is 1. The average Bonchev–Trinajstić information content (AvgIpc) is 2.79. The molecule has 0 amide bonds. The van der Waals surface area contributed by atoms with E-state index in [1.54, 1.807) is 13.0 Å². The summed E-state index contributed by atoms with van der Waals surface area (Å²) in [5, 5.41) is 0. The second-order valence-corrected chi connectivity index (χ2v) is 8.14. The zero-order valence-electron chi connectivity index (χ0n) is 12.9. The lowest BCUT2D eigenvalue weighted by atomic mass is 10.0. The minimum absolute atomic E-state index is 0.0977. The molecule has 0 aromatic heterocycles. The molecule has 0 bridgehead atoms. The maximum atomic E-state index is 12.7. The first-order valence-corrected chi connectivity index (χ1v) is 9.16. The van der Waals surface area contributed by atoms with Crippen LogP contribution in [0.5, 0.6) is 0 Å². The third kappa shape index (κ3) is 4.57. The van der Waals surface area contributed by atoms with E-state index in [0.29, 0.717) is 25.1 Å². The van der Waals surface area contributed by atoms with Crippen molar-refractivity contribution < 1.29 is 21.6 Å². The van der Waals surface area contributed by atoms with Crippen LogP contribution in [0, 0.1) is 6.92 Å². The second kappa shape index (κ2) is 6.65. The molecule has 0 aliphatic carbocycles. The Morgan fingerprint density at radius 3 is 2.57 bits per heavy atom. The number of alkyl halides is 3. The van der Waals surface area contributed by atoms with Crippen LogP contribution in [0.2, 0.25) is 0 Å². The minimum Gasteiger partial charge on any atom is -0.291 e. The monoisotopic (exact) mass is 347 g/mol. The fourth-order valence-corrected chi connectivity index (χ4v) is 4.60. The Kier molecular flexibility index (Phi) is 5.20. The molecule has 23 heavy (non-hydrogen) atoms. The smallest absolute Gasteiger partial charge is 0.291 e. The molecule has 2 rings (SSSR count). The number of nitrogens with zero attached hydrogens (tertiary/aromatic N) is 1. The van der Waals surface area contributed by atoms with Gasteiger partial charge in [0.2, 0.25) is 0 Å². The summed E-state index contributed by atoms with van der Waals surface area (Å²) in [7, 11) is -3.01. The molecule has 1 atom stereocenters. The molecule has 0 N–H and O–H groups in total. The molecule has 1 unspecified atom stereocenters. The van der Waals surface area contributed by atoms with Gasteiger partial charge in [-0.15, -0.1) is 6.58 Å². The van der Waals surface area contributed by atoms with E-state index in [-0.39, 0.29) is 17.5 Å². The first-order chi connectivity index (χ1) is 10.6. The molecule has 1 aromatic carbocycles. The first kappa shape index (κ1) is 18.0. The molecule has 128 valence electrons. The molecule has 1 saturated heterocycles. The van der Waals surface area contributed by atoms with Gasteiger partial charge in [-0.1, -0.05) is 12.1 Å². The summed E-state index contributed by atoms with van der Waals surface area (Å²) >= 11 is 0. The van der Waals surface area contributed by atoms with Crippen LogP contribution in [0.15, 0.2) is 30.9 Å². The fraction of sp³-hybridized carbons (Fsp3) is 0.500. The number of hydrogen-bond acceptors (Lipinski definition) is 3. The summed E-state index contributed by atoms with van der Waals surface area (Å²) in [6, 6.07) is 3.56. The van der Waals surface area contributed by atoms with Crippen LogP contribution in [0.1, 0.15) is 23.1 Å². The van der Waals surface area contributed by atoms with Gasteiger partial charge in [-0.05, 0) is 36.6 Å². The summed E-state index contributed by atoms with van der Waals surface area (Å²) in [6.07, 6.45) is -2.12. The maximum Gasteiger partial charge on any atom is 0.416 e. The number of hydrogen-bond donors (Lipinski definition) is 0. The minimum atomic E-state index is -4.36. The van der Waals surface area contributed by atoms with E-state index in [1.807, 2.05) is 4.90 Å². The van der Waals surface area contributed by atoms with E-state index in [0.717, 1.165) is 17.7 Å². The van der Waals surface area contributed by atoms with Crippen molar-refractivity contribution in [1.82, 2.24) is 4.90 Å². The van der Waals surface area contributed by atoms with E-state index in [2.05, 4.69) is 6.58 Å². The number of sulfone groups is 1. The van der Waals surface area contributed by atoms with Crippen molar-refractivity contribution in [2.75, 3.05) is 18.1 Å². The van der Waals surface area contributed by atoms with Gasteiger partial charge in [0.1, 0.15) is 0 Å². The highest BCUT2D eigenvalue weighted by Crippen LogP contribution is 2.31. The molecule has 1 aliphatic heterocycles. The Morgan fingerprint density at radius 2 is 2.09 bits per heavy atom. The molecule has 1 fully saturated rings. The first-order valence-electron chi connectivity index (χ1n) is 7.34. The largest absolute Gasteiger partial charge is 0.416 e. The number of benzene rings is 1. The van der Waals surface area contributed by atoms with Gasteiger partial charge in [-0.2, -0.15) is 13.2 Å². The van der Waals surface area contributed by atoms with Gasteiger partial charge in [0, 0.05) is 19.1 Å². The fourth-order valence-electron chi connectivity index (χ4n) is 2.84. The topological polar surface area (TPSA) is 37.4 Å². The van der Waals surface area contributed by atoms with Crippen LogP contribution in [0.25, 0.3) is 0 Å². The quantitative estimate of drug-likeness (QED) is 0.768. The van der Waals surface area contributed by atoms with Gasteiger partial charge in [-0.25, -0.2) is 8.42 Å². The van der Waals surface area contributed by atoms with E-state index in [4.69, 9.17) is 0 Å². The molecule has 0 radical (unpaired) electrons. The van der Waals surface area contributed by atoms with Gasteiger partial charge in [0.15, 0.2) is 9.84 Å². The maximum absolute atomic E-state index is 12.7. The third-order valence-corrected chi connectivity index (χ3v) is 5.88. The van der Waals surface area contributed by atoms with Gasteiger partial charge in [0.25, 0.3) is 0 Å². The summed E-state index contributed by atoms with van der Waals surface area (Å²) < 4.78 is 61.5. The SMILES string of the molecule is C=CCN(Cc1ccc(C(F)(F)F)cc1C)C1CCS(=O)(=O)C1. The molecular weight excluding hydrogens is 327 g/mol. The predicted octanol–water partition coefficient (Wildman–Crippen LogP) is 3.19. The summed E-state index contributed by atoms with van der Waals surface area (Å²) in [5.74, 6) is 0.262. The van der Waals surface area contributed by atoms with E-state index in [9.17, 15) is 21.6 Å². The summed E-state index contributed by atoms with van der Waals surface area (Å²) in [5.41, 5.74) is 0.649. The summed E-state index contributed by atoms with van der Waals surface area (Å²) in [4.78, 5) is 1.97. The normalized spacial score (nSPS) is 20.8. The van der Waals surface area contributed by atoms with Crippen LogP contribution in [0.4, 0.5) is 13.2 Å². The van der Waals surface area contributed by atoms with Crippen molar-refractivity contribution in [1.29, 1.82) is 0 Å². The third-order valence-electron chi connectivity index (χ3n) is 4.13. The average molecular weight is 347 g/mol. The zero-order chi connectivity index (χ0) is 17.3. The van der Waals surface area contributed by atoms with E-state index >= 15 is 0 Å². The second-order valence-electron chi connectivity index (χ2n) is 5.91. The van der Waals surface area contributed by atoms with Crippen LogP contribution >= 0.6 is 0 Å². The Morgan fingerprint density at radius 1 is 1.39 bits per heavy atom. The zero-order valence-corrected chi connectivity index (χ0v) is 13.8. The highest BCUT2D eigenvalue weighted by atomic mass is 32.2. The van der Waals surface area contributed by atoms with Crippen LogP contribution in [-0.4, -0.2) is 37.4 Å². The molecule has 0 saturated carbocycles. The highest BCUT2D eigenvalue weighted by Gasteiger charge is 2.33. The van der Waals surface area contributed by atoms with Crippen molar-refractivity contribution in [2.24, 2.45) is 0 Å². The standard InChI is InChI=1S/C16H20F3NO2S/c1-3-7-20(15-6-8-23(21,22)11-15)10-13-4-5-14(9-12(13)2)16(17,18)19/h3-5,9,15H,1,6-8,10-11H2,2H3. The molecule has 1 heterocycles. The van der Waals surface area contributed by atoms with Crippen molar-refractivity contribution >= 4 is 9.84 Å². The lowest BCUT2D eigenvalue weighted by molar-refractivity contribution is -0.137. The molecule has 1 aliphatic rings. The van der Waals surface area contributed by atoms with Crippen LogP contribution in [0.3, 0.4) is 0 Å². The van der Waals surface area contributed by atoms with Crippen molar-refractivity contribution in [2.45, 2.75) is 32.1 Å². The van der Waals surface area contributed by atoms with E-state index in [1.165, 1.54) is 6.07 Å². The summed E-state index contributed by atoms with van der Waals surface area (Å²) in [6.45, 7) is 6.23.